The first-order valence-electron chi connectivity index (χ1n) is 11.4. The molecular weight excluding hydrogens is 404 g/mol. The third kappa shape index (κ3) is 3.95. The van der Waals surface area contributed by atoms with Crippen LogP contribution in [0.2, 0.25) is 0 Å². The summed E-state index contributed by atoms with van der Waals surface area (Å²) >= 11 is 0. The minimum Gasteiger partial charge on any atom is -0.478 e. The van der Waals surface area contributed by atoms with Gasteiger partial charge >= 0.3 is 5.97 Å². The first-order chi connectivity index (χ1) is 15.5. The van der Waals surface area contributed by atoms with Crippen molar-refractivity contribution in [1.29, 1.82) is 0 Å². The molecule has 5 rings (SSSR count). The maximum Gasteiger partial charge on any atom is 0.337 e. The summed E-state index contributed by atoms with van der Waals surface area (Å²) in [6.07, 6.45) is 7.62. The van der Waals surface area contributed by atoms with Gasteiger partial charge in [0, 0.05) is 36.6 Å². The van der Waals surface area contributed by atoms with Crippen LogP contribution in [-0.4, -0.2) is 33.6 Å². The van der Waals surface area contributed by atoms with Gasteiger partial charge in [0.25, 0.3) is 5.56 Å². The van der Waals surface area contributed by atoms with Gasteiger partial charge in [0.2, 0.25) is 0 Å². The number of piperidine rings is 1. The number of anilines is 2. The van der Waals surface area contributed by atoms with Gasteiger partial charge in [-0.15, -0.1) is 0 Å². The molecular formula is C25H28N4O3. The SMILES string of the molecule is CC(Nc1ccccc1C(=O)O)c1cc(C2CC2)cn2c(=O)cc(N3CCCCC3)nc12. The van der Waals surface area contributed by atoms with Gasteiger partial charge in [0.05, 0.1) is 11.6 Å². The second-order valence-electron chi connectivity index (χ2n) is 8.91. The number of nitrogens with one attached hydrogen (secondary N) is 1. The van der Waals surface area contributed by atoms with Crippen LogP contribution in [0.1, 0.15) is 72.5 Å². The van der Waals surface area contributed by atoms with Crippen LogP contribution in [0.4, 0.5) is 11.5 Å². The van der Waals surface area contributed by atoms with Gasteiger partial charge in [-0.1, -0.05) is 12.1 Å². The number of aromatic carboxylic acids is 1. The fourth-order valence-electron chi connectivity index (χ4n) is 4.59. The Bertz CT molecular complexity index is 1230. The zero-order chi connectivity index (χ0) is 22.2. The normalized spacial score (nSPS) is 17.3. The summed E-state index contributed by atoms with van der Waals surface area (Å²) in [5.41, 5.74) is 3.39. The summed E-state index contributed by atoms with van der Waals surface area (Å²) in [6.45, 7) is 3.82. The molecule has 0 bridgehead atoms. The van der Waals surface area contributed by atoms with E-state index >= 15 is 0 Å². The highest BCUT2D eigenvalue weighted by Gasteiger charge is 2.27. The molecule has 166 valence electrons. The molecule has 3 aromatic rings. The number of carbonyl (C=O) groups is 1. The lowest BCUT2D eigenvalue weighted by Gasteiger charge is -2.28. The van der Waals surface area contributed by atoms with Crippen molar-refractivity contribution in [3.8, 4) is 0 Å². The van der Waals surface area contributed by atoms with Crippen LogP contribution in [0, 0.1) is 0 Å². The molecule has 2 N–H and O–H groups in total. The number of para-hydroxylation sites is 1. The van der Waals surface area contributed by atoms with Crippen molar-refractivity contribution in [1.82, 2.24) is 9.38 Å². The largest absolute Gasteiger partial charge is 0.478 e. The van der Waals surface area contributed by atoms with Crippen molar-refractivity contribution in [3.63, 3.8) is 0 Å². The van der Waals surface area contributed by atoms with Crippen molar-refractivity contribution in [3.05, 3.63) is 69.6 Å². The van der Waals surface area contributed by atoms with E-state index in [9.17, 15) is 14.7 Å². The Morgan fingerprint density at radius 1 is 1.16 bits per heavy atom. The zero-order valence-corrected chi connectivity index (χ0v) is 18.3. The molecule has 0 radical (unpaired) electrons. The molecule has 1 saturated carbocycles. The van der Waals surface area contributed by atoms with Gasteiger partial charge in [-0.3, -0.25) is 9.20 Å². The monoisotopic (exact) mass is 432 g/mol. The first kappa shape index (κ1) is 20.5. The minimum absolute atomic E-state index is 0.0718. The number of carboxylic acids is 1. The lowest BCUT2D eigenvalue weighted by atomic mass is 10.0. The smallest absolute Gasteiger partial charge is 0.337 e. The van der Waals surface area contributed by atoms with Crippen LogP contribution in [0.3, 0.4) is 0 Å². The highest BCUT2D eigenvalue weighted by Crippen LogP contribution is 2.41. The van der Waals surface area contributed by atoms with Gasteiger partial charge in [-0.25, -0.2) is 9.78 Å². The molecule has 0 spiro atoms. The molecule has 7 heteroatoms. The highest BCUT2D eigenvalue weighted by molar-refractivity contribution is 5.94. The van der Waals surface area contributed by atoms with E-state index in [0.717, 1.165) is 55.7 Å². The zero-order valence-electron chi connectivity index (χ0n) is 18.3. The van der Waals surface area contributed by atoms with Crippen molar-refractivity contribution < 1.29 is 9.90 Å². The fraction of sp³-hybridized carbons (Fsp3) is 0.400. The molecule has 2 fully saturated rings. The molecule has 1 unspecified atom stereocenters. The Morgan fingerprint density at radius 2 is 1.91 bits per heavy atom. The van der Waals surface area contributed by atoms with Gasteiger partial charge in [0.15, 0.2) is 0 Å². The minimum atomic E-state index is -0.974. The van der Waals surface area contributed by atoms with Crippen molar-refractivity contribution >= 4 is 23.1 Å². The Kier molecular flexibility index (Phi) is 5.33. The molecule has 32 heavy (non-hydrogen) atoms. The lowest BCUT2D eigenvalue weighted by molar-refractivity contribution is 0.0698. The molecule has 7 nitrogen and oxygen atoms in total. The number of fused-ring (bicyclic) bond motifs is 1. The van der Waals surface area contributed by atoms with Gasteiger partial charge < -0.3 is 15.3 Å². The summed E-state index contributed by atoms with van der Waals surface area (Å²) in [7, 11) is 0. The Hall–Kier alpha value is -3.35. The first-order valence-corrected chi connectivity index (χ1v) is 11.4. The van der Waals surface area contributed by atoms with Gasteiger partial charge in [-0.05, 0) is 68.7 Å². The van der Waals surface area contributed by atoms with E-state index in [2.05, 4.69) is 16.3 Å². The maximum absolute atomic E-state index is 13.1. The van der Waals surface area contributed by atoms with Gasteiger partial charge in [0.1, 0.15) is 11.5 Å². The predicted octanol–water partition coefficient (Wildman–Crippen LogP) is 4.43. The summed E-state index contributed by atoms with van der Waals surface area (Å²) in [4.78, 5) is 31.9. The molecule has 1 atom stereocenters. The summed E-state index contributed by atoms with van der Waals surface area (Å²) in [6, 6.07) is 10.5. The average Bonchev–Trinajstić information content (AvgIpc) is 3.65. The van der Waals surface area contributed by atoms with E-state index in [0.29, 0.717) is 17.3 Å². The molecule has 1 saturated heterocycles. The van der Waals surface area contributed by atoms with E-state index < -0.39 is 5.97 Å². The number of nitrogens with zero attached hydrogens (tertiary/aromatic N) is 3. The van der Waals surface area contributed by atoms with E-state index in [4.69, 9.17) is 4.98 Å². The quantitative estimate of drug-likeness (QED) is 0.599. The number of aromatic nitrogens is 2. The Labute approximate surface area is 186 Å². The van der Waals surface area contributed by atoms with Crippen LogP contribution in [0.15, 0.2) is 47.4 Å². The number of hydrogen-bond donors (Lipinski definition) is 2. The van der Waals surface area contributed by atoms with Crippen LogP contribution >= 0.6 is 0 Å². The van der Waals surface area contributed by atoms with Gasteiger partial charge in [-0.2, -0.15) is 0 Å². The number of carboxylic acid groups (broad SMARTS) is 1. The average molecular weight is 433 g/mol. The molecule has 0 amide bonds. The number of pyridine rings is 1. The second-order valence-corrected chi connectivity index (χ2v) is 8.91. The third-order valence-electron chi connectivity index (χ3n) is 6.52. The summed E-state index contributed by atoms with van der Waals surface area (Å²) < 4.78 is 1.66. The van der Waals surface area contributed by atoms with Crippen molar-refractivity contribution in [2.75, 3.05) is 23.3 Å². The van der Waals surface area contributed by atoms with Crippen LogP contribution in [-0.2, 0) is 0 Å². The number of rotatable bonds is 6. The van der Waals surface area contributed by atoms with E-state index in [1.165, 1.54) is 6.42 Å². The van der Waals surface area contributed by atoms with E-state index in [-0.39, 0.29) is 17.2 Å². The standard InChI is InChI=1S/C25H28N4O3/c1-16(26-21-8-4-3-7-19(21)25(31)32)20-13-18(17-9-10-17)15-29-23(30)14-22(27-24(20)29)28-11-5-2-6-12-28/h3-4,7-8,13-17,26H,2,5-6,9-12H2,1H3,(H,31,32). The fourth-order valence-corrected chi connectivity index (χ4v) is 4.59. The topological polar surface area (TPSA) is 86.9 Å². The molecule has 1 aliphatic carbocycles. The molecule has 1 aliphatic heterocycles. The lowest BCUT2D eigenvalue weighted by Crippen LogP contribution is -2.32. The predicted molar refractivity (Wildman–Crippen MR) is 125 cm³/mol. The Balaban J connectivity index is 1.60. The van der Waals surface area contributed by atoms with Crippen molar-refractivity contribution in [2.24, 2.45) is 0 Å². The number of benzene rings is 1. The highest BCUT2D eigenvalue weighted by atomic mass is 16.4. The van der Waals surface area contributed by atoms with Crippen LogP contribution in [0.5, 0.6) is 0 Å². The molecule has 2 aliphatic rings. The molecule has 2 aromatic heterocycles. The Morgan fingerprint density at radius 3 is 2.62 bits per heavy atom. The summed E-state index contributed by atoms with van der Waals surface area (Å²) in [5, 5.41) is 12.9. The molecule has 1 aromatic carbocycles. The maximum atomic E-state index is 13.1. The summed E-state index contributed by atoms with van der Waals surface area (Å²) in [5.74, 6) is 0.234. The number of hydrogen-bond acceptors (Lipinski definition) is 5. The van der Waals surface area contributed by atoms with E-state index in [1.54, 1.807) is 28.7 Å². The second kappa shape index (κ2) is 8.30. The third-order valence-corrected chi connectivity index (χ3v) is 6.52. The van der Waals surface area contributed by atoms with Crippen LogP contribution in [0.25, 0.3) is 5.65 Å². The molecule has 3 heterocycles. The van der Waals surface area contributed by atoms with Crippen molar-refractivity contribution in [2.45, 2.75) is 51.0 Å². The van der Waals surface area contributed by atoms with Crippen LogP contribution < -0.4 is 15.8 Å². The van der Waals surface area contributed by atoms with E-state index in [1.807, 2.05) is 19.2 Å².